The molecule has 1 atom stereocenters. The molecule has 4 heteroatoms. The molecular formula is C13H18BrClO2. The number of hydrogen-bond acceptors (Lipinski definition) is 2. The molecule has 0 spiro atoms. The van der Waals surface area contributed by atoms with E-state index in [0.717, 1.165) is 12.0 Å². The van der Waals surface area contributed by atoms with Gasteiger partial charge >= 0.3 is 0 Å². The summed E-state index contributed by atoms with van der Waals surface area (Å²) in [5.74, 6) is 1.34. The fourth-order valence-corrected chi connectivity index (χ4v) is 2.71. The monoisotopic (exact) mass is 320 g/mol. The number of alkyl halides is 1. The van der Waals surface area contributed by atoms with Crippen molar-refractivity contribution >= 4 is 27.5 Å². The second kappa shape index (κ2) is 7.12. The summed E-state index contributed by atoms with van der Waals surface area (Å²) >= 11 is 9.90. The predicted octanol–water partition coefficient (Wildman–Crippen LogP) is 4.98. The van der Waals surface area contributed by atoms with Gasteiger partial charge in [0.15, 0.2) is 0 Å². The van der Waals surface area contributed by atoms with E-state index in [9.17, 15) is 0 Å². The van der Waals surface area contributed by atoms with Crippen molar-refractivity contribution in [2.45, 2.75) is 31.0 Å². The van der Waals surface area contributed by atoms with Crippen LogP contribution in [0.4, 0.5) is 0 Å². The second-order valence-electron chi connectivity index (χ2n) is 3.81. The summed E-state index contributed by atoms with van der Waals surface area (Å²) in [6.45, 7) is 2.18. The molecule has 0 aromatic heterocycles. The maximum atomic E-state index is 6.22. The van der Waals surface area contributed by atoms with Crippen LogP contribution in [-0.2, 0) is 0 Å². The van der Waals surface area contributed by atoms with Gasteiger partial charge in [-0.25, -0.2) is 0 Å². The number of unbranched alkanes of at least 4 members (excludes halogenated alkanes) is 1. The number of halogens is 2. The lowest BCUT2D eigenvalue weighted by atomic mass is 10.1. The number of methoxy groups -OCH3 is 2. The van der Waals surface area contributed by atoms with Gasteiger partial charge in [0.25, 0.3) is 0 Å². The zero-order chi connectivity index (χ0) is 12.8. The molecule has 0 amide bonds. The summed E-state index contributed by atoms with van der Waals surface area (Å²) in [7, 11) is 3.23. The molecule has 1 unspecified atom stereocenters. The van der Waals surface area contributed by atoms with Gasteiger partial charge in [0.05, 0.1) is 14.2 Å². The van der Waals surface area contributed by atoms with Gasteiger partial charge in [0, 0.05) is 10.4 Å². The van der Waals surface area contributed by atoms with Crippen molar-refractivity contribution in [3.63, 3.8) is 0 Å². The zero-order valence-corrected chi connectivity index (χ0v) is 12.8. The third-order valence-corrected chi connectivity index (χ3v) is 3.97. The fourth-order valence-electron chi connectivity index (χ4n) is 1.70. The molecule has 0 radical (unpaired) electrons. The third kappa shape index (κ3) is 3.52. The Labute approximate surface area is 116 Å². The Bertz CT molecular complexity index is 369. The first-order valence-corrected chi connectivity index (χ1v) is 6.99. The van der Waals surface area contributed by atoms with E-state index in [1.54, 1.807) is 14.2 Å². The molecule has 0 heterocycles. The smallest absolute Gasteiger partial charge is 0.145 e. The Balaban J connectivity index is 3.03. The number of rotatable bonds is 6. The van der Waals surface area contributed by atoms with Gasteiger partial charge in [-0.1, -0.05) is 53.4 Å². The molecule has 0 fully saturated rings. The van der Waals surface area contributed by atoms with Gasteiger partial charge in [0.1, 0.15) is 16.5 Å². The Morgan fingerprint density at radius 2 is 2.00 bits per heavy atom. The standard InChI is InChI=1S/C13H18BrClO2/c1-4-5-6-10(14)9-7-8-11(16-2)12(15)13(9)17-3/h7-8,10H,4-6H2,1-3H3. The van der Waals surface area contributed by atoms with Crippen LogP contribution in [0.25, 0.3) is 0 Å². The highest BCUT2D eigenvalue weighted by molar-refractivity contribution is 9.09. The summed E-state index contributed by atoms with van der Waals surface area (Å²) in [5, 5.41) is 0.536. The highest BCUT2D eigenvalue weighted by atomic mass is 79.9. The molecule has 0 aliphatic heterocycles. The molecule has 0 aliphatic rings. The van der Waals surface area contributed by atoms with E-state index in [-0.39, 0.29) is 4.83 Å². The molecule has 2 nitrogen and oxygen atoms in total. The lowest BCUT2D eigenvalue weighted by molar-refractivity contribution is 0.391. The minimum Gasteiger partial charge on any atom is -0.495 e. The lowest BCUT2D eigenvalue weighted by Gasteiger charge is -2.16. The molecular weight excluding hydrogens is 303 g/mol. The molecule has 0 saturated heterocycles. The Morgan fingerprint density at radius 3 is 2.53 bits per heavy atom. The van der Waals surface area contributed by atoms with Crippen LogP contribution in [-0.4, -0.2) is 14.2 Å². The summed E-state index contributed by atoms with van der Waals surface area (Å²) < 4.78 is 10.6. The van der Waals surface area contributed by atoms with Crippen molar-refractivity contribution in [1.29, 1.82) is 0 Å². The summed E-state index contributed by atoms with van der Waals surface area (Å²) in [5.41, 5.74) is 1.08. The molecule has 0 bridgehead atoms. The van der Waals surface area contributed by atoms with Gasteiger partial charge in [-0.05, 0) is 12.5 Å². The quantitative estimate of drug-likeness (QED) is 0.688. The molecule has 1 rings (SSSR count). The topological polar surface area (TPSA) is 18.5 Å². The van der Waals surface area contributed by atoms with Crippen LogP contribution >= 0.6 is 27.5 Å². The van der Waals surface area contributed by atoms with Gasteiger partial charge in [0.2, 0.25) is 0 Å². The Hall–Kier alpha value is -0.410. The van der Waals surface area contributed by atoms with Gasteiger partial charge < -0.3 is 9.47 Å². The highest BCUT2D eigenvalue weighted by Crippen LogP contribution is 2.43. The maximum absolute atomic E-state index is 6.22. The Kier molecular flexibility index (Phi) is 6.14. The molecule has 0 N–H and O–H groups in total. The largest absolute Gasteiger partial charge is 0.495 e. The van der Waals surface area contributed by atoms with Crippen molar-refractivity contribution in [2.24, 2.45) is 0 Å². The van der Waals surface area contributed by atoms with Crippen LogP contribution in [0.5, 0.6) is 11.5 Å². The predicted molar refractivity (Wildman–Crippen MR) is 75.7 cm³/mol. The summed E-state index contributed by atoms with van der Waals surface area (Å²) in [6, 6.07) is 3.87. The van der Waals surface area contributed by atoms with Crippen molar-refractivity contribution in [3.05, 3.63) is 22.7 Å². The summed E-state index contributed by atoms with van der Waals surface area (Å²) in [6.07, 6.45) is 3.41. The fraction of sp³-hybridized carbons (Fsp3) is 0.538. The molecule has 96 valence electrons. The summed E-state index contributed by atoms with van der Waals surface area (Å²) in [4.78, 5) is 0.265. The first-order chi connectivity index (χ1) is 8.15. The molecule has 0 aliphatic carbocycles. The van der Waals surface area contributed by atoms with Crippen molar-refractivity contribution in [2.75, 3.05) is 14.2 Å². The van der Waals surface area contributed by atoms with Crippen LogP contribution in [0.15, 0.2) is 12.1 Å². The molecule has 0 saturated carbocycles. The normalized spacial score (nSPS) is 12.3. The zero-order valence-electron chi connectivity index (χ0n) is 10.4. The SMILES string of the molecule is CCCCC(Br)c1ccc(OC)c(Cl)c1OC. The second-order valence-corrected chi connectivity index (χ2v) is 5.30. The number of ether oxygens (including phenoxy) is 2. The molecule has 1 aromatic carbocycles. The highest BCUT2D eigenvalue weighted by Gasteiger charge is 2.18. The third-order valence-electron chi connectivity index (χ3n) is 2.66. The van der Waals surface area contributed by atoms with Crippen molar-refractivity contribution < 1.29 is 9.47 Å². The van der Waals surface area contributed by atoms with Crippen LogP contribution in [0.1, 0.15) is 36.6 Å². The van der Waals surface area contributed by atoms with Crippen molar-refractivity contribution in [1.82, 2.24) is 0 Å². The average Bonchev–Trinajstić information content (AvgIpc) is 2.35. The number of benzene rings is 1. The maximum Gasteiger partial charge on any atom is 0.145 e. The van der Waals surface area contributed by atoms with Crippen LogP contribution in [0.2, 0.25) is 5.02 Å². The number of hydrogen-bond donors (Lipinski definition) is 0. The first kappa shape index (κ1) is 14.7. The van der Waals surface area contributed by atoms with Crippen molar-refractivity contribution in [3.8, 4) is 11.5 Å². The van der Waals surface area contributed by atoms with E-state index in [0.29, 0.717) is 16.5 Å². The Morgan fingerprint density at radius 1 is 1.29 bits per heavy atom. The van der Waals surface area contributed by atoms with Crippen LogP contribution in [0.3, 0.4) is 0 Å². The lowest BCUT2D eigenvalue weighted by Crippen LogP contribution is -1.98. The average molecular weight is 322 g/mol. The minimum atomic E-state index is 0.265. The van der Waals surface area contributed by atoms with E-state index in [1.807, 2.05) is 12.1 Å². The van der Waals surface area contributed by atoms with Gasteiger partial charge in [-0.2, -0.15) is 0 Å². The molecule has 17 heavy (non-hydrogen) atoms. The van der Waals surface area contributed by atoms with E-state index in [2.05, 4.69) is 22.9 Å². The first-order valence-electron chi connectivity index (χ1n) is 5.70. The van der Waals surface area contributed by atoms with E-state index < -0.39 is 0 Å². The minimum absolute atomic E-state index is 0.265. The van der Waals surface area contributed by atoms with Crippen LogP contribution in [0, 0.1) is 0 Å². The van der Waals surface area contributed by atoms with Crippen LogP contribution < -0.4 is 9.47 Å². The van der Waals surface area contributed by atoms with Gasteiger partial charge in [-0.15, -0.1) is 0 Å². The van der Waals surface area contributed by atoms with E-state index >= 15 is 0 Å². The van der Waals surface area contributed by atoms with E-state index in [4.69, 9.17) is 21.1 Å². The van der Waals surface area contributed by atoms with E-state index in [1.165, 1.54) is 12.8 Å². The molecule has 1 aromatic rings. The van der Waals surface area contributed by atoms with Gasteiger partial charge in [-0.3, -0.25) is 0 Å².